The van der Waals surface area contributed by atoms with E-state index in [0.717, 1.165) is 26.1 Å². The highest BCUT2D eigenvalue weighted by Crippen LogP contribution is 2.29. The average Bonchev–Trinajstić information content (AvgIpc) is 2.78. The number of likely N-dealkylation sites (tertiary alicyclic amines) is 1. The van der Waals surface area contributed by atoms with Crippen LogP contribution < -0.4 is 21.1 Å². The number of nitrogens with zero attached hydrogens (tertiary/aromatic N) is 3. The molecule has 186 valence electrons. The van der Waals surface area contributed by atoms with Gasteiger partial charge in [0.2, 0.25) is 5.91 Å². The van der Waals surface area contributed by atoms with E-state index in [-0.39, 0.29) is 18.6 Å². The second kappa shape index (κ2) is 10.4. The Balaban J connectivity index is 0.00000432. The summed E-state index contributed by atoms with van der Waals surface area (Å²) in [6.07, 6.45) is 2.68. The summed E-state index contributed by atoms with van der Waals surface area (Å²) in [6, 6.07) is 6.75. The minimum Gasteiger partial charge on any atom is -0.497 e. The van der Waals surface area contributed by atoms with Crippen molar-refractivity contribution in [2.24, 2.45) is 5.41 Å². The lowest BCUT2D eigenvalue weighted by Gasteiger charge is -2.39. The minimum atomic E-state index is -0.905. The second-order valence-electron chi connectivity index (χ2n) is 10.2. The third kappa shape index (κ3) is 6.26. The molecule has 0 saturated carbocycles. The van der Waals surface area contributed by atoms with E-state index in [4.69, 9.17) is 9.15 Å². The number of rotatable bonds is 8. The summed E-state index contributed by atoms with van der Waals surface area (Å²) in [5.41, 5.74) is -0.788. The molecule has 2 N–H and O–H groups in total. The fraction of sp³-hybridized carbons (Fsp3) is 0.600. The molecule has 0 spiro atoms. The molecule has 1 amide bonds. The number of aromatic nitrogens is 1. The molecule has 1 aliphatic heterocycles. The molecule has 9 heteroatoms. The maximum atomic E-state index is 13.5. The number of carbonyl (C=O) groups excluding carboxylic acids is 1. The molecule has 0 aliphatic carbocycles. The maximum absolute atomic E-state index is 13.5. The van der Waals surface area contributed by atoms with Gasteiger partial charge in [-0.2, -0.15) is 10.2 Å². The summed E-state index contributed by atoms with van der Waals surface area (Å²) in [7, 11) is 1.53. The molecule has 1 atom stereocenters. The van der Waals surface area contributed by atoms with Crippen molar-refractivity contribution in [3.63, 3.8) is 0 Å². The van der Waals surface area contributed by atoms with Crippen LogP contribution in [0.3, 0.4) is 0 Å². The van der Waals surface area contributed by atoms with Crippen molar-refractivity contribution in [2.45, 2.75) is 65.0 Å². The quantitative estimate of drug-likeness (QED) is 0.600. The first kappa shape index (κ1) is 25.5. The minimum absolute atomic E-state index is 0. The van der Waals surface area contributed by atoms with E-state index in [1.54, 1.807) is 18.2 Å². The lowest BCUT2D eigenvalue weighted by molar-refractivity contribution is -0.124. The van der Waals surface area contributed by atoms with Gasteiger partial charge in [0.15, 0.2) is 0 Å². The van der Waals surface area contributed by atoms with Gasteiger partial charge in [0.25, 0.3) is 0 Å². The Hall–Kier alpha value is -3.12. The van der Waals surface area contributed by atoms with E-state index in [9.17, 15) is 14.9 Å². The van der Waals surface area contributed by atoms with Crippen LogP contribution in [-0.2, 0) is 4.79 Å². The van der Waals surface area contributed by atoms with E-state index in [2.05, 4.69) is 33.5 Å². The van der Waals surface area contributed by atoms with Gasteiger partial charge < -0.3 is 24.7 Å². The number of anilines is 1. The number of benzene rings is 1. The van der Waals surface area contributed by atoms with Gasteiger partial charge in [0, 0.05) is 20.6 Å². The Kier molecular flexibility index (Phi) is 7.82. The van der Waals surface area contributed by atoms with E-state index in [0.29, 0.717) is 36.0 Å². The Labute approximate surface area is 202 Å². The molecule has 2 aromatic rings. The Morgan fingerprint density at radius 3 is 2.68 bits per heavy atom. The molecule has 3 rings (SSSR count). The molecule has 1 aromatic carbocycles. The normalized spacial score (nSPS) is 17.1. The number of piperidine rings is 1. The molecule has 1 saturated heterocycles. The number of nitriles is 1. The number of amides is 1. The van der Waals surface area contributed by atoms with Gasteiger partial charge in [-0.3, -0.25) is 4.79 Å². The van der Waals surface area contributed by atoms with Crippen LogP contribution >= 0.6 is 0 Å². The van der Waals surface area contributed by atoms with Crippen LogP contribution in [0.15, 0.2) is 27.4 Å². The van der Waals surface area contributed by atoms with E-state index in [1.807, 2.05) is 20.8 Å². The third-order valence-electron chi connectivity index (χ3n) is 6.11. The van der Waals surface area contributed by atoms with Crippen molar-refractivity contribution in [3.8, 4) is 11.8 Å². The molecule has 0 radical (unpaired) electrons. The van der Waals surface area contributed by atoms with Crippen LogP contribution in [0.5, 0.6) is 5.75 Å². The summed E-state index contributed by atoms with van der Waals surface area (Å²) in [5, 5.41) is 16.7. The van der Waals surface area contributed by atoms with E-state index < -0.39 is 17.3 Å². The van der Waals surface area contributed by atoms with E-state index >= 15 is 0 Å². The highest BCUT2D eigenvalue weighted by Gasteiger charge is 2.38. The van der Waals surface area contributed by atoms with Gasteiger partial charge in [-0.05, 0) is 49.8 Å². The highest BCUT2D eigenvalue weighted by molar-refractivity contribution is 5.92. The van der Waals surface area contributed by atoms with Gasteiger partial charge >= 0.3 is 5.76 Å². The molecule has 1 fully saturated rings. The zero-order valence-corrected chi connectivity index (χ0v) is 20.7. The van der Waals surface area contributed by atoms with Crippen molar-refractivity contribution in [2.75, 3.05) is 32.1 Å². The maximum Gasteiger partial charge on any atom is 0.441 e. The fourth-order valence-electron chi connectivity index (χ4n) is 4.34. The Bertz CT molecular complexity index is 1110. The molecule has 0 bridgehead atoms. The van der Waals surface area contributed by atoms with Gasteiger partial charge in [-0.15, -0.1) is 0 Å². The zero-order valence-electron chi connectivity index (χ0n) is 20.7. The van der Waals surface area contributed by atoms with Gasteiger partial charge in [-0.25, -0.2) is 4.79 Å². The number of methoxy groups -OCH3 is 1. The summed E-state index contributed by atoms with van der Waals surface area (Å²) < 4.78 is 10.5. The van der Waals surface area contributed by atoms with Crippen LogP contribution in [0.4, 0.5) is 5.82 Å². The van der Waals surface area contributed by atoms with Crippen LogP contribution in [0.2, 0.25) is 0 Å². The van der Waals surface area contributed by atoms with Crippen molar-refractivity contribution in [1.82, 2.24) is 15.2 Å². The number of hydrogen-bond donors (Lipinski definition) is 2. The van der Waals surface area contributed by atoms with Gasteiger partial charge in [-0.1, -0.05) is 27.7 Å². The van der Waals surface area contributed by atoms with Crippen molar-refractivity contribution < 1.29 is 15.4 Å². The first-order valence-electron chi connectivity index (χ1n) is 11.8. The number of ether oxygens (including phenoxy) is 1. The number of nitrogens with one attached hydrogen (secondary N) is 2. The molecule has 9 nitrogen and oxygen atoms in total. The van der Waals surface area contributed by atoms with Gasteiger partial charge in [0.1, 0.15) is 28.7 Å². The molecular formula is C25H37N5O4. The summed E-state index contributed by atoms with van der Waals surface area (Å²) >= 11 is 0. The van der Waals surface area contributed by atoms with Crippen molar-refractivity contribution in [1.29, 1.82) is 5.26 Å². The fourth-order valence-corrected chi connectivity index (χ4v) is 4.34. The predicted molar refractivity (Wildman–Crippen MR) is 133 cm³/mol. The van der Waals surface area contributed by atoms with Crippen molar-refractivity contribution >= 4 is 22.7 Å². The van der Waals surface area contributed by atoms with E-state index in [1.165, 1.54) is 7.11 Å². The largest absolute Gasteiger partial charge is 0.497 e. The van der Waals surface area contributed by atoms with Crippen LogP contribution in [0.1, 0.15) is 54.8 Å². The summed E-state index contributed by atoms with van der Waals surface area (Å²) in [4.78, 5) is 31.9. The zero-order chi connectivity index (χ0) is 24.9. The lowest BCUT2D eigenvalue weighted by atomic mass is 9.85. The molecule has 1 aliphatic rings. The first-order valence-corrected chi connectivity index (χ1v) is 11.8. The van der Waals surface area contributed by atoms with Crippen molar-refractivity contribution in [3.05, 3.63) is 28.7 Å². The second-order valence-corrected chi connectivity index (χ2v) is 10.2. The standard InChI is InChI=1S/C25H35N5O4.H2/c1-6-11-30-12-9-25(16-26,10-13-30)29-22(31)19(15-24(2,3)4)27-21-18-8-7-17(33-5)14-20(18)34-23(32)28-21;/h7-8,14,19H,6,9-13,15H2,1-5H3,(H,29,31)(H,27,28,32);1H/t19-;/m0./s1. The number of hydrogen-bond acceptors (Lipinski definition) is 8. The summed E-state index contributed by atoms with van der Waals surface area (Å²) in [5.74, 6) is -0.240. The highest BCUT2D eigenvalue weighted by atomic mass is 16.5. The molecule has 34 heavy (non-hydrogen) atoms. The smallest absolute Gasteiger partial charge is 0.441 e. The monoisotopic (exact) mass is 471 g/mol. The first-order chi connectivity index (χ1) is 16.1. The average molecular weight is 472 g/mol. The number of carbonyl (C=O) groups is 1. The molecular weight excluding hydrogens is 434 g/mol. The number of fused-ring (bicyclic) bond motifs is 1. The summed E-state index contributed by atoms with van der Waals surface area (Å²) in [6.45, 7) is 10.8. The van der Waals surface area contributed by atoms with Crippen LogP contribution in [0.25, 0.3) is 11.0 Å². The lowest BCUT2D eigenvalue weighted by Crippen LogP contribution is -2.57. The molecule has 0 unspecified atom stereocenters. The van der Waals surface area contributed by atoms with Gasteiger partial charge in [0.05, 0.1) is 18.6 Å². The topological polar surface area (TPSA) is 120 Å². The Morgan fingerprint density at radius 1 is 1.38 bits per heavy atom. The SMILES string of the molecule is CCCN1CCC(C#N)(NC(=O)[C@H](CC(C)(C)C)Nc2nc(=O)oc3cc(OC)ccc23)CC1.[HH]. The third-order valence-corrected chi connectivity index (χ3v) is 6.11. The van der Waals surface area contributed by atoms with Crippen LogP contribution in [-0.4, -0.2) is 54.1 Å². The molecule has 2 heterocycles. The predicted octanol–water partition coefficient (Wildman–Crippen LogP) is 3.54. The van der Waals surface area contributed by atoms with Crippen LogP contribution in [0, 0.1) is 16.7 Å². The molecule has 1 aromatic heterocycles. The Morgan fingerprint density at radius 2 is 2.09 bits per heavy atom.